The first-order chi connectivity index (χ1) is 17.0. The van der Waals surface area contributed by atoms with E-state index in [1.165, 1.54) is 38.5 Å². The Balaban J connectivity index is 1.82. The van der Waals surface area contributed by atoms with Crippen molar-refractivity contribution in [1.82, 2.24) is 4.90 Å². The second-order valence-electron chi connectivity index (χ2n) is 7.29. The predicted molar refractivity (Wildman–Crippen MR) is 126 cm³/mol. The Morgan fingerprint density at radius 3 is 2.26 bits per heavy atom. The number of methoxy groups -OCH3 is 2. The first-order valence-corrected chi connectivity index (χ1v) is 10.6. The minimum atomic E-state index is -0.875. The SMILES string of the molecule is COc1ccccc1/C=C(\C#N)C(=O)Oc1ccc(/C=C(\C#N)C(=O)N2CCOCC2)cc1OC. The summed E-state index contributed by atoms with van der Waals surface area (Å²) >= 11 is 0. The molecule has 1 aliphatic rings. The van der Waals surface area contributed by atoms with Crippen LogP contribution in [0.2, 0.25) is 0 Å². The molecule has 9 nitrogen and oxygen atoms in total. The summed E-state index contributed by atoms with van der Waals surface area (Å²) in [5, 5.41) is 19.0. The van der Waals surface area contributed by atoms with E-state index in [4.69, 9.17) is 18.9 Å². The zero-order chi connectivity index (χ0) is 25.2. The van der Waals surface area contributed by atoms with Gasteiger partial charge in [0.25, 0.3) is 5.91 Å². The first-order valence-electron chi connectivity index (χ1n) is 10.6. The lowest BCUT2D eigenvalue weighted by Gasteiger charge is -2.26. The number of carbonyl (C=O) groups is 2. The van der Waals surface area contributed by atoms with Crippen molar-refractivity contribution in [2.75, 3.05) is 40.5 Å². The minimum Gasteiger partial charge on any atom is -0.496 e. The average molecular weight is 473 g/mol. The number of rotatable bonds is 7. The molecular weight excluding hydrogens is 450 g/mol. The third kappa shape index (κ3) is 6.26. The van der Waals surface area contributed by atoms with Gasteiger partial charge in [-0.1, -0.05) is 24.3 Å². The average Bonchev–Trinajstić information content (AvgIpc) is 2.91. The summed E-state index contributed by atoms with van der Waals surface area (Å²) in [6.07, 6.45) is 2.81. The van der Waals surface area contributed by atoms with Gasteiger partial charge in [-0.2, -0.15) is 10.5 Å². The quantitative estimate of drug-likeness (QED) is 0.260. The monoisotopic (exact) mass is 473 g/mol. The van der Waals surface area contributed by atoms with Crippen LogP contribution in [0.1, 0.15) is 11.1 Å². The Morgan fingerprint density at radius 2 is 1.60 bits per heavy atom. The number of hydrogen-bond acceptors (Lipinski definition) is 8. The number of esters is 1. The summed E-state index contributed by atoms with van der Waals surface area (Å²) in [6.45, 7) is 1.68. The second-order valence-corrected chi connectivity index (χ2v) is 7.29. The number of morpholine rings is 1. The topological polar surface area (TPSA) is 122 Å². The molecule has 0 aromatic heterocycles. The van der Waals surface area contributed by atoms with Crippen molar-refractivity contribution in [3.8, 4) is 29.4 Å². The number of nitriles is 2. The van der Waals surface area contributed by atoms with E-state index in [0.717, 1.165) is 0 Å². The van der Waals surface area contributed by atoms with Crippen LogP contribution in [-0.4, -0.2) is 57.3 Å². The molecule has 0 aliphatic carbocycles. The highest BCUT2D eigenvalue weighted by atomic mass is 16.6. The third-order valence-corrected chi connectivity index (χ3v) is 5.13. The molecule has 1 heterocycles. The molecule has 3 rings (SSSR count). The second kappa shape index (κ2) is 12.0. The van der Waals surface area contributed by atoms with Crippen molar-refractivity contribution in [3.05, 3.63) is 64.7 Å². The van der Waals surface area contributed by atoms with Crippen molar-refractivity contribution in [2.45, 2.75) is 0 Å². The van der Waals surface area contributed by atoms with Crippen LogP contribution in [0, 0.1) is 22.7 Å². The highest BCUT2D eigenvalue weighted by molar-refractivity contribution is 6.02. The van der Waals surface area contributed by atoms with Crippen molar-refractivity contribution in [2.24, 2.45) is 0 Å². The fourth-order valence-electron chi connectivity index (χ4n) is 3.34. The summed E-state index contributed by atoms with van der Waals surface area (Å²) in [4.78, 5) is 26.9. The molecule has 1 amide bonds. The van der Waals surface area contributed by atoms with Crippen molar-refractivity contribution < 1.29 is 28.5 Å². The van der Waals surface area contributed by atoms with E-state index in [2.05, 4.69) is 0 Å². The molecule has 35 heavy (non-hydrogen) atoms. The lowest BCUT2D eigenvalue weighted by Crippen LogP contribution is -2.41. The minimum absolute atomic E-state index is 0.0368. The van der Waals surface area contributed by atoms with Gasteiger partial charge in [0, 0.05) is 18.7 Å². The van der Waals surface area contributed by atoms with Gasteiger partial charge >= 0.3 is 5.97 Å². The molecule has 1 aliphatic heterocycles. The molecule has 2 aromatic rings. The Kier molecular flexibility index (Phi) is 8.60. The van der Waals surface area contributed by atoms with E-state index >= 15 is 0 Å². The maximum atomic E-state index is 12.7. The number of benzene rings is 2. The van der Waals surface area contributed by atoms with Crippen LogP contribution >= 0.6 is 0 Å². The molecule has 0 spiro atoms. The summed E-state index contributed by atoms with van der Waals surface area (Å²) in [6, 6.07) is 15.3. The summed E-state index contributed by atoms with van der Waals surface area (Å²) in [5.41, 5.74) is 0.781. The fourth-order valence-corrected chi connectivity index (χ4v) is 3.34. The van der Waals surface area contributed by atoms with Gasteiger partial charge in [-0.05, 0) is 35.9 Å². The Morgan fingerprint density at radius 1 is 0.914 bits per heavy atom. The molecule has 0 saturated carbocycles. The molecule has 0 bridgehead atoms. The first kappa shape index (κ1) is 25.0. The molecule has 0 radical (unpaired) electrons. The lowest BCUT2D eigenvalue weighted by atomic mass is 10.1. The number of ether oxygens (including phenoxy) is 4. The van der Waals surface area contributed by atoms with E-state index in [1.54, 1.807) is 35.2 Å². The van der Waals surface area contributed by atoms with E-state index in [9.17, 15) is 20.1 Å². The van der Waals surface area contributed by atoms with Gasteiger partial charge in [-0.25, -0.2) is 4.79 Å². The van der Waals surface area contributed by atoms with Crippen LogP contribution in [0.15, 0.2) is 53.6 Å². The van der Waals surface area contributed by atoms with Gasteiger partial charge in [-0.15, -0.1) is 0 Å². The van der Waals surface area contributed by atoms with Gasteiger partial charge in [0.15, 0.2) is 11.5 Å². The number of nitrogens with zero attached hydrogens (tertiary/aromatic N) is 3. The van der Waals surface area contributed by atoms with E-state index < -0.39 is 5.97 Å². The van der Waals surface area contributed by atoms with Gasteiger partial charge in [0.05, 0.1) is 27.4 Å². The molecule has 1 fully saturated rings. The van der Waals surface area contributed by atoms with Crippen LogP contribution in [0.3, 0.4) is 0 Å². The summed E-state index contributed by atoms with van der Waals surface area (Å²) in [5.74, 6) is -0.487. The number of amides is 1. The molecule has 0 atom stereocenters. The molecular formula is C26H23N3O6. The normalized spacial score (nSPS) is 13.9. The zero-order valence-corrected chi connectivity index (χ0v) is 19.3. The fraction of sp³-hybridized carbons (Fsp3) is 0.231. The van der Waals surface area contributed by atoms with Crippen LogP contribution < -0.4 is 14.2 Å². The summed E-state index contributed by atoms with van der Waals surface area (Å²) < 4.78 is 21.2. The smallest absolute Gasteiger partial charge is 0.354 e. The van der Waals surface area contributed by atoms with Gasteiger partial charge < -0.3 is 23.8 Å². The van der Waals surface area contributed by atoms with Crippen molar-refractivity contribution >= 4 is 24.0 Å². The maximum absolute atomic E-state index is 12.7. The molecule has 2 aromatic carbocycles. The predicted octanol–water partition coefficient (Wildman–Crippen LogP) is 2.98. The lowest BCUT2D eigenvalue weighted by molar-refractivity contribution is -0.131. The largest absolute Gasteiger partial charge is 0.496 e. The van der Waals surface area contributed by atoms with E-state index in [-0.39, 0.29) is 28.6 Å². The van der Waals surface area contributed by atoms with Gasteiger partial charge in [0.2, 0.25) is 0 Å². The highest BCUT2D eigenvalue weighted by Crippen LogP contribution is 2.30. The van der Waals surface area contributed by atoms with Crippen LogP contribution in [0.5, 0.6) is 17.2 Å². The maximum Gasteiger partial charge on any atom is 0.354 e. The van der Waals surface area contributed by atoms with E-state index in [1.807, 2.05) is 12.1 Å². The molecule has 0 N–H and O–H groups in total. The summed E-state index contributed by atoms with van der Waals surface area (Å²) in [7, 11) is 2.88. The Hall–Kier alpha value is -4.60. The van der Waals surface area contributed by atoms with Crippen molar-refractivity contribution in [1.29, 1.82) is 10.5 Å². The Labute approximate surface area is 203 Å². The van der Waals surface area contributed by atoms with Gasteiger partial charge in [0.1, 0.15) is 29.0 Å². The standard InChI is InChI=1S/C26H23N3O6/c1-32-22-6-4-3-5-19(22)15-21(17-28)26(31)35-23-8-7-18(14-24(23)33-2)13-20(16-27)25(30)29-9-11-34-12-10-29/h3-8,13-15H,9-12H2,1-2H3/b20-13+,21-15+. The number of para-hydroxylation sites is 1. The van der Waals surface area contributed by atoms with Gasteiger partial charge in [-0.3, -0.25) is 4.79 Å². The number of hydrogen-bond donors (Lipinski definition) is 0. The number of carbonyl (C=O) groups excluding carboxylic acids is 2. The van der Waals surface area contributed by atoms with E-state index in [0.29, 0.717) is 43.2 Å². The highest BCUT2D eigenvalue weighted by Gasteiger charge is 2.21. The Bertz CT molecular complexity index is 1250. The van der Waals surface area contributed by atoms with Crippen LogP contribution in [0.25, 0.3) is 12.2 Å². The van der Waals surface area contributed by atoms with Crippen LogP contribution in [-0.2, 0) is 14.3 Å². The third-order valence-electron chi connectivity index (χ3n) is 5.13. The molecule has 9 heteroatoms. The molecule has 0 unspecified atom stereocenters. The zero-order valence-electron chi connectivity index (χ0n) is 19.3. The molecule has 1 saturated heterocycles. The molecule has 178 valence electrons. The van der Waals surface area contributed by atoms with Crippen molar-refractivity contribution in [3.63, 3.8) is 0 Å². The van der Waals surface area contributed by atoms with Crippen LogP contribution in [0.4, 0.5) is 0 Å².